The fourth-order valence-corrected chi connectivity index (χ4v) is 1.84. The molecule has 98 valence electrons. The van der Waals surface area contributed by atoms with E-state index in [9.17, 15) is 15.0 Å². The summed E-state index contributed by atoms with van der Waals surface area (Å²) in [5, 5.41) is 18.9. The van der Waals surface area contributed by atoms with Gasteiger partial charge in [0.05, 0.1) is 5.56 Å². The van der Waals surface area contributed by atoms with Gasteiger partial charge < -0.3 is 15.1 Å². The summed E-state index contributed by atoms with van der Waals surface area (Å²) in [5.74, 6) is -0.578. The number of nitrogens with zero attached hydrogens (tertiary/aromatic N) is 1. The highest BCUT2D eigenvalue weighted by molar-refractivity contribution is 5.96. The zero-order valence-corrected chi connectivity index (χ0v) is 10.6. The van der Waals surface area contributed by atoms with Crippen molar-refractivity contribution in [2.75, 3.05) is 7.05 Å². The van der Waals surface area contributed by atoms with Gasteiger partial charge >= 0.3 is 0 Å². The topological polar surface area (TPSA) is 60.8 Å². The third kappa shape index (κ3) is 3.04. The Hall–Kier alpha value is -2.49. The molecule has 0 atom stereocenters. The van der Waals surface area contributed by atoms with E-state index in [0.717, 1.165) is 11.6 Å². The molecule has 4 nitrogen and oxygen atoms in total. The summed E-state index contributed by atoms with van der Waals surface area (Å²) in [6, 6.07) is 13.5. The molecule has 1 amide bonds. The molecule has 0 aliphatic heterocycles. The Bertz CT molecular complexity index is 581. The van der Waals surface area contributed by atoms with Crippen LogP contribution in [-0.2, 0) is 6.54 Å². The summed E-state index contributed by atoms with van der Waals surface area (Å²) >= 11 is 0. The van der Waals surface area contributed by atoms with Crippen LogP contribution in [0, 0.1) is 0 Å². The molecule has 2 N–H and O–H groups in total. The van der Waals surface area contributed by atoms with Crippen LogP contribution in [0.2, 0.25) is 0 Å². The van der Waals surface area contributed by atoms with Gasteiger partial charge in [-0.25, -0.2) is 0 Å². The molecule has 0 heterocycles. The van der Waals surface area contributed by atoms with Crippen molar-refractivity contribution >= 4 is 5.91 Å². The third-order valence-corrected chi connectivity index (χ3v) is 2.82. The Balaban J connectivity index is 2.15. The van der Waals surface area contributed by atoms with E-state index in [1.807, 2.05) is 30.3 Å². The predicted octanol–water partition coefficient (Wildman–Crippen LogP) is 2.37. The van der Waals surface area contributed by atoms with Crippen LogP contribution in [0.15, 0.2) is 48.5 Å². The maximum atomic E-state index is 12.2. The van der Waals surface area contributed by atoms with Crippen LogP contribution in [0.25, 0.3) is 0 Å². The smallest absolute Gasteiger partial charge is 0.257 e. The van der Waals surface area contributed by atoms with Gasteiger partial charge in [-0.05, 0) is 17.7 Å². The van der Waals surface area contributed by atoms with Crippen LogP contribution in [0.5, 0.6) is 11.5 Å². The molecule has 0 bridgehead atoms. The van der Waals surface area contributed by atoms with Crippen LogP contribution < -0.4 is 0 Å². The molecule has 0 saturated heterocycles. The van der Waals surface area contributed by atoms with Crippen LogP contribution in [-0.4, -0.2) is 28.1 Å². The lowest BCUT2D eigenvalue weighted by Gasteiger charge is -2.18. The number of hydrogen-bond acceptors (Lipinski definition) is 3. The highest BCUT2D eigenvalue weighted by atomic mass is 16.3. The van der Waals surface area contributed by atoms with E-state index in [2.05, 4.69) is 0 Å². The quantitative estimate of drug-likeness (QED) is 0.887. The predicted molar refractivity (Wildman–Crippen MR) is 72.0 cm³/mol. The van der Waals surface area contributed by atoms with E-state index < -0.39 is 0 Å². The first kappa shape index (κ1) is 13.0. The molecule has 19 heavy (non-hydrogen) atoms. The summed E-state index contributed by atoms with van der Waals surface area (Å²) in [4.78, 5) is 13.7. The molecule has 0 aliphatic rings. The number of carbonyl (C=O) groups excluding carboxylic acids is 1. The van der Waals surface area contributed by atoms with Crippen molar-refractivity contribution in [1.29, 1.82) is 0 Å². The monoisotopic (exact) mass is 257 g/mol. The van der Waals surface area contributed by atoms with Crippen molar-refractivity contribution in [3.05, 3.63) is 59.7 Å². The average Bonchev–Trinajstić information content (AvgIpc) is 2.39. The average molecular weight is 257 g/mol. The van der Waals surface area contributed by atoms with Gasteiger partial charge in [0.25, 0.3) is 5.91 Å². The van der Waals surface area contributed by atoms with Gasteiger partial charge in [0.2, 0.25) is 0 Å². The normalized spacial score (nSPS) is 10.2. The molecule has 0 aromatic heterocycles. The van der Waals surface area contributed by atoms with Crippen molar-refractivity contribution < 1.29 is 15.0 Å². The summed E-state index contributed by atoms with van der Waals surface area (Å²) in [6.45, 7) is 0.458. The second-order valence-corrected chi connectivity index (χ2v) is 4.35. The van der Waals surface area contributed by atoms with Crippen molar-refractivity contribution in [3.8, 4) is 11.5 Å². The number of amides is 1. The minimum atomic E-state index is -0.290. The van der Waals surface area contributed by atoms with Crippen LogP contribution >= 0.6 is 0 Å². The Morgan fingerprint density at radius 1 is 1.11 bits per heavy atom. The van der Waals surface area contributed by atoms with Gasteiger partial charge in [-0.1, -0.05) is 30.3 Å². The first-order valence-corrected chi connectivity index (χ1v) is 5.89. The van der Waals surface area contributed by atoms with Gasteiger partial charge in [0.15, 0.2) is 0 Å². The lowest BCUT2D eigenvalue weighted by molar-refractivity contribution is 0.0782. The maximum absolute atomic E-state index is 12.2. The Morgan fingerprint density at radius 3 is 2.42 bits per heavy atom. The second kappa shape index (κ2) is 5.44. The summed E-state index contributed by atoms with van der Waals surface area (Å²) in [6.07, 6.45) is 0. The van der Waals surface area contributed by atoms with Gasteiger partial charge in [-0.3, -0.25) is 4.79 Å². The zero-order chi connectivity index (χ0) is 13.8. The zero-order valence-electron chi connectivity index (χ0n) is 10.6. The third-order valence-electron chi connectivity index (χ3n) is 2.82. The van der Waals surface area contributed by atoms with Crippen LogP contribution in [0.4, 0.5) is 0 Å². The first-order valence-electron chi connectivity index (χ1n) is 5.89. The molecule has 4 heteroatoms. The molecular weight excluding hydrogens is 242 g/mol. The van der Waals surface area contributed by atoms with E-state index in [1.54, 1.807) is 7.05 Å². The lowest BCUT2D eigenvalue weighted by Crippen LogP contribution is -2.26. The van der Waals surface area contributed by atoms with E-state index in [0.29, 0.717) is 6.54 Å². The van der Waals surface area contributed by atoms with Crippen molar-refractivity contribution in [2.24, 2.45) is 0 Å². The largest absolute Gasteiger partial charge is 0.508 e. The maximum Gasteiger partial charge on any atom is 0.257 e. The Morgan fingerprint density at radius 2 is 1.79 bits per heavy atom. The van der Waals surface area contributed by atoms with Crippen molar-refractivity contribution in [2.45, 2.75) is 6.54 Å². The molecular formula is C15H15NO3. The number of benzene rings is 2. The molecule has 2 rings (SSSR count). The van der Waals surface area contributed by atoms with E-state index in [4.69, 9.17) is 0 Å². The summed E-state index contributed by atoms with van der Waals surface area (Å²) in [5.41, 5.74) is 1.19. The number of hydrogen-bond donors (Lipinski definition) is 2. The van der Waals surface area contributed by atoms with Crippen molar-refractivity contribution in [3.63, 3.8) is 0 Å². The molecule has 0 aliphatic carbocycles. The van der Waals surface area contributed by atoms with Gasteiger partial charge in [-0.15, -0.1) is 0 Å². The van der Waals surface area contributed by atoms with E-state index in [-0.39, 0.29) is 23.0 Å². The van der Waals surface area contributed by atoms with Gasteiger partial charge in [0.1, 0.15) is 11.5 Å². The number of phenols is 2. The van der Waals surface area contributed by atoms with Gasteiger partial charge in [-0.2, -0.15) is 0 Å². The first-order chi connectivity index (χ1) is 9.08. The SMILES string of the molecule is CN(Cc1ccccc1)C(=O)c1ccc(O)cc1O. The summed E-state index contributed by atoms with van der Waals surface area (Å²) in [7, 11) is 1.67. The molecule has 2 aromatic rings. The minimum Gasteiger partial charge on any atom is -0.508 e. The number of phenolic OH excluding ortho intramolecular Hbond substituents is 2. The number of rotatable bonds is 3. The van der Waals surface area contributed by atoms with Gasteiger partial charge in [0, 0.05) is 19.7 Å². The molecule has 2 aromatic carbocycles. The second-order valence-electron chi connectivity index (χ2n) is 4.35. The molecule has 0 radical (unpaired) electrons. The molecule has 0 fully saturated rings. The number of carbonyl (C=O) groups is 1. The summed E-state index contributed by atoms with van der Waals surface area (Å²) < 4.78 is 0. The number of aromatic hydroxyl groups is 2. The molecule has 0 unspecified atom stereocenters. The Kier molecular flexibility index (Phi) is 3.71. The van der Waals surface area contributed by atoms with Crippen LogP contribution in [0.1, 0.15) is 15.9 Å². The fourth-order valence-electron chi connectivity index (χ4n) is 1.84. The highest BCUT2D eigenvalue weighted by Crippen LogP contribution is 2.23. The van der Waals surface area contributed by atoms with Crippen LogP contribution in [0.3, 0.4) is 0 Å². The van der Waals surface area contributed by atoms with E-state index in [1.165, 1.54) is 17.0 Å². The van der Waals surface area contributed by atoms with E-state index >= 15 is 0 Å². The van der Waals surface area contributed by atoms with Crippen molar-refractivity contribution in [1.82, 2.24) is 4.90 Å². The highest BCUT2D eigenvalue weighted by Gasteiger charge is 2.16. The standard InChI is InChI=1S/C15H15NO3/c1-16(10-11-5-3-2-4-6-11)15(19)13-8-7-12(17)9-14(13)18/h2-9,17-18H,10H2,1H3. The molecule has 0 spiro atoms. The minimum absolute atomic E-state index is 0.0697. The fraction of sp³-hybridized carbons (Fsp3) is 0.133. The Labute approximate surface area is 111 Å². The lowest BCUT2D eigenvalue weighted by atomic mass is 10.1. The molecule has 0 saturated carbocycles.